The summed E-state index contributed by atoms with van der Waals surface area (Å²) in [6, 6.07) is 6.09. The Morgan fingerprint density at radius 3 is 2.05 bits per heavy atom. The average Bonchev–Trinajstić information content (AvgIpc) is 2.62. The molecule has 0 atom stereocenters. The molecule has 2 amide bonds. The van der Waals surface area contributed by atoms with Crippen molar-refractivity contribution in [1.82, 2.24) is 5.06 Å². The normalized spacial score (nSPS) is 20.5. The summed E-state index contributed by atoms with van der Waals surface area (Å²) < 4.78 is 22.0. The molecule has 3 rings (SSSR count). The molecule has 1 saturated heterocycles. The van der Waals surface area contributed by atoms with Crippen LogP contribution in [0.2, 0.25) is 0 Å². The van der Waals surface area contributed by atoms with Gasteiger partial charge in [-0.05, 0) is 12.1 Å². The van der Waals surface area contributed by atoms with Crippen LogP contribution in [0.4, 0.5) is 0 Å². The van der Waals surface area contributed by atoms with Gasteiger partial charge in [-0.2, -0.15) is 0 Å². The summed E-state index contributed by atoms with van der Waals surface area (Å²) in [5.41, 5.74) is 0.318. The molecule has 0 spiro atoms. The Kier molecular flexibility index (Phi) is 2.65. The van der Waals surface area contributed by atoms with Crippen molar-refractivity contribution in [2.24, 2.45) is 5.92 Å². The highest BCUT2D eigenvalue weighted by Crippen LogP contribution is 2.25. The van der Waals surface area contributed by atoms with Crippen LogP contribution >= 0.6 is 0 Å². The maximum atomic E-state index is 11.9. The summed E-state index contributed by atoms with van der Waals surface area (Å²) >= 11 is 0. The van der Waals surface area contributed by atoms with E-state index in [9.17, 15) is 22.8 Å². The average molecular weight is 295 g/mol. The molecule has 2 heterocycles. The molecule has 104 valence electrons. The minimum atomic E-state index is -3.18. The number of hydrogen-bond acceptors (Lipinski definition) is 6. The van der Waals surface area contributed by atoms with Crippen LogP contribution in [0.25, 0.3) is 0 Å². The number of carbonyl (C=O) groups excluding carboxylic acids is 3. The van der Waals surface area contributed by atoms with Crippen LogP contribution in [0.3, 0.4) is 0 Å². The van der Waals surface area contributed by atoms with Crippen molar-refractivity contribution in [1.29, 1.82) is 0 Å². The van der Waals surface area contributed by atoms with Crippen molar-refractivity contribution in [3.63, 3.8) is 0 Å². The Morgan fingerprint density at radius 2 is 1.60 bits per heavy atom. The fraction of sp³-hybridized carbons (Fsp3) is 0.250. The SMILES string of the molecule is O=C(ON1C(=O)c2ccccc2C1=O)C1CS(=O)(=O)C1. The zero-order valence-electron chi connectivity index (χ0n) is 10.1. The van der Waals surface area contributed by atoms with Gasteiger partial charge in [-0.3, -0.25) is 9.59 Å². The molecule has 1 fully saturated rings. The number of carbonyl (C=O) groups is 3. The Bertz CT molecular complexity index is 691. The topological polar surface area (TPSA) is 97.8 Å². The molecule has 7 nitrogen and oxygen atoms in total. The van der Waals surface area contributed by atoms with E-state index in [4.69, 9.17) is 4.84 Å². The standard InChI is InChI=1S/C12H9NO6S/c14-10-8-3-1-2-4-9(8)11(15)13(10)19-12(16)7-5-20(17,18)6-7/h1-4,7H,5-6H2. The van der Waals surface area contributed by atoms with Crippen LogP contribution < -0.4 is 0 Å². The first-order chi connectivity index (χ1) is 9.39. The number of hydroxylamine groups is 2. The zero-order chi connectivity index (χ0) is 14.5. The van der Waals surface area contributed by atoms with Gasteiger partial charge in [0.2, 0.25) is 0 Å². The molecule has 1 aromatic rings. The van der Waals surface area contributed by atoms with Gasteiger partial charge in [0.25, 0.3) is 11.8 Å². The molecule has 0 bridgehead atoms. The van der Waals surface area contributed by atoms with Crippen molar-refractivity contribution in [2.75, 3.05) is 11.5 Å². The van der Waals surface area contributed by atoms with Crippen molar-refractivity contribution in [3.05, 3.63) is 35.4 Å². The molecule has 20 heavy (non-hydrogen) atoms. The molecule has 0 unspecified atom stereocenters. The molecule has 1 aromatic carbocycles. The van der Waals surface area contributed by atoms with Crippen LogP contribution in [0.1, 0.15) is 20.7 Å². The molecular weight excluding hydrogens is 286 g/mol. The Morgan fingerprint density at radius 1 is 1.10 bits per heavy atom. The largest absolute Gasteiger partial charge is 0.338 e. The lowest BCUT2D eigenvalue weighted by Crippen LogP contribution is -2.45. The lowest BCUT2D eigenvalue weighted by molar-refractivity contribution is -0.172. The molecule has 2 aliphatic rings. The fourth-order valence-corrected chi connectivity index (χ4v) is 3.52. The van der Waals surface area contributed by atoms with Gasteiger partial charge in [-0.15, -0.1) is 0 Å². The molecule has 0 aromatic heterocycles. The van der Waals surface area contributed by atoms with E-state index in [2.05, 4.69) is 0 Å². The van der Waals surface area contributed by atoms with Crippen LogP contribution in [0, 0.1) is 5.92 Å². The van der Waals surface area contributed by atoms with Gasteiger partial charge in [-0.1, -0.05) is 17.2 Å². The fourth-order valence-electron chi connectivity index (χ4n) is 2.11. The second-order valence-corrected chi connectivity index (χ2v) is 6.79. The summed E-state index contributed by atoms with van der Waals surface area (Å²) in [6.07, 6.45) is 0. The maximum absolute atomic E-state index is 11.9. The molecule has 0 saturated carbocycles. The minimum absolute atomic E-state index is 0.159. The number of fused-ring (bicyclic) bond motifs is 1. The van der Waals surface area contributed by atoms with E-state index in [1.54, 1.807) is 12.1 Å². The molecule has 8 heteroatoms. The maximum Gasteiger partial charge on any atom is 0.338 e. The van der Waals surface area contributed by atoms with E-state index in [0.717, 1.165) is 0 Å². The van der Waals surface area contributed by atoms with Gasteiger partial charge in [0.15, 0.2) is 9.84 Å². The quantitative estimate of drug-likeness (QED) is 0.700. The Hall–Kier alpha value is -2.22. The monoisotopic (exact) mass is 295 g/mol. The Labute approximate surface area is 114 Å². The highest BCUT2D eigenvalue weighted by Gasteiger charge is 2.44. The van der Waals surface area contributed by atoms with E-state index < -0.39 is 33.5 Å². The number of nitrogens with zero attached hydrogens (tertiary/aromatic N) is 1. The second kappa shape index (κ2) is 4.14. The number of rotatable bonds is 2. The predicted octanol–water partition coefficient (Wildman–Crippen LogP) is -0.215. The number of sulfone groups is 1. The van der Waals surface area contributed by atoms with Crippen molar-refractivity contribution < 1.29 is 27.6 Å². The van der Waals surface area contributed by atoms with Gasteiger partial charge >= 0.3 is 5.97 Å². The van der Waals surface area contributed by atoms with Crippen LogP contribution in [0.5, 0.6) is 0 Å². The third-order valence-electron chi connectivity index (χ3n) is 3.18. The summed E-state index contributed by atoms with van der Waals surface area (Å²) in [5, 5.41) is 0.387. The van der Waals surface area contributed by atoms with Crippen LogP contribution in [-0.4, -0.2) is 42.8 Å². The van der Waals surface area contributed by atoms with E-state index >= 15 is 0 Å². The van der Waals surface area contributed by atoms with E-state index in [1.165, 1.54) is 12.1 Å². The highest BCUT2D eigenvalue weighted by atomic mass is 32.2. The third kappa shape index (κ3) is 1.88. The highest BCUT2D eigenvalue weighted by molar-refractivity contribution is 7.92. The molecule has 0 aliphatic carbocycles. The molecule has 0 radical (unpaired) electrons. The van der Waals surface area contributed by atoms with Crippen molar-refractivity contribution >= 4 is 27.6 Å². The van der Waals surface area contributed by atoms with Crippen molar-refractivity contribution in [3.8, 4) is 0 Å². The number of amides is 2. The lowest BCUT2D eigenvalue weighted by atomic mass is 10.1. The van der Waals surface area contributed by atoms with Gasteiger partial charge in [0.1, 0.15) is 0 Å². The smallest absolute Gasteiger partial charge is 0.329 e. The van der Waals surface area contributed by atoms with Crippen LogP contribution in [0.15, 0.2) is 24.3 Å². The Balaban J connectivity index is 1.76. The first-order valence-corrected chi connectivity index (χ1v) is 7.61. The van der Waals surface area contributed by atoms with Gasteiger partial charge in [0, 0.05) is 0 Å². The second-order valence-electron chi connectivity index (χ2n) is 4.63. The molecule has 0 N–H and O–H groups in total. The van der Waals surface area contributed by atoms with E-state index in [-0.39, 0.29) is 22.6 Å². The molecular formula is C12H9NO6S. The third-order valence-corrected chi connectivity index (χ3v) is 5.00. The summed E-state index contributed by atoms with van der Waals surface area (Å²) in [4.78, 5) is 40.2. The zero-order valence-corrected chi connectivity index (χ0v) is 10.9. The van der Waals surface area contributed by atoms with Gasteiger partial charge in [-0.25, -0.2) is 13.2 Å². The van der Waals surface area contributed by atoms with E-state index in [0.29, 0.717) is 5.06 Å². The summed E-state index contributed by atoms with van der Waals surface area (Å²) in [6.45, 7) is 0. The van der Waals surface area contributed by atoms with Crippen LogP contribution in [-0.2, 0) is 19.5 Å². The first-order valence-electron chi connectivity index (χ1n) is 5.79. The number of imide groups is 1. The molecule has 2 aliphatic heterocycles. The minimum Gasteiger partial charge on any atom is -0.329 e. The van der Waals surface area contributed by atoms with Gasteiger partial charge in [0.05, 0.1) is 28.6 Å². The summed E-state index contributed by atoms with van der Waals surface area (Å²) in [7, 11) is -3.18. The summed E-state index contributed by atoms with van der Waals surface area (Å²) in [5.74, 6) is -3.76. The van der Waals surface area contributed by atoms with E-state index in [1.807, 2.05) is 0 Å². The predicted molar refractivity (Wildman–Crippen MR) is 65.2 cm³/mol. The van der Waals surface area contributed by atoms with Gasteiger partial charge < -0.3 is 4.84 Å². The number of hydrogen-bond donors (Lipinski definition) is 0. The number of benzene rings is 1. The first kappa shape index (κ1) is 12.8. The van der Waals surface area contributed by atoms with Crippen molar-refractivity contribution in [2.45, 2.75) is 0 Å². The lowest BCUT2D eigenvalue weighted by Gasteiger charge is -2.24.